The number of rotatable bonds is 8. The summed E-state index contributed by atoms with van der Waals surface area (Å²) in [5.74, 6) is -0.829. The maximum absolute atomic E-state index is 13.0. The lowest BCUT2D eigenvalue weighted by atomic mass is 10.3. The smallest absolute Gasteiger partial charge is 0.369 e. The quantitative estimate of drug-likeness (QED) is 0.289. The lowest BCUT2D eigenvalue weighted by molar-refractivity contribution is -0.138. The Bertz CT molecular complexity index is 467. The summed E-state index contributed by atoms with van der Waals surface area (Å²) in [6.07, 6.45) is 0.823. The maximum atomic E-state index is 13.0. The molecule has 0 saturated heterocycles. The summed E-state index contributed by atoms with van der Waals surface area (Å²) in [6, 6.07) is 1.74. The topological polar surface area (TPSA) is 85.6 Å². The number of carbonyl (C=O) groups excluding carboxylic acids is 1. The van der Waals surface area contributed by atoms with Crippen LogP contribution >= 0.6 is 19.4 Å². The molecule has 0 radical (unpaired) electrons. The SMILES string of the molecule is CCOC(=O)C(C#N)=C(SC)P(=O)(OC(C)C)OC(C)C. The van der Waals surface area contributed by atoms with Gasteiger partial charge in [-0.25, -0.2) is 4.79 Å². The summed E-state index contributed by atoms with van der Waals surface area (Å²) in [5.41, 5.74) is -0.339. The van der Waals surface area contributed by atoms with Gasteiger partial charge < -0.3 is 13.8 Å². The average molecular weight is 335 g/mol. The van der Waals surface area contributed by atoms with Crippen LogP contribution < -0.4 is 0 Å². The molecule has 0 atom stereocenters. The van der Waals surface area contributed by atoms with E-state index in [1.54, 1.807) is 46.9 Å². The van der Waals surface area contributed by atoms with Crippen molar-refractivity contribution < 1.29 is 23.1 Å². The second-order valence-corrected chi connectivity index (χ2v) is 7.51. The number of ether oxygens (including phenoxy) is 1. The van der Waals surface area contributed by atoms with Crippen LogP contribution in [0.4, 0.5) is 0 Å². The molecule has 0 fully saturated rings. The van der Waals surface area contributed by atoms with Gasteiger partial charge in [-0.3, -0.25) is 4.57 Å². The van der Waals surface area contributed by atoms with Gasteiger partial charge in [-0.05, 0) is 40.9 Å². The van der Waals surface area contributed by atoms with E-state index in [9.17, 15) is 14.6 Å². The Morgan fingerprint density at radius 3 is 2.00 bits per heavy atom. The molecule has 0 saturated carbocycles. The van der Waals surface area contributed by atoms with Crippen molar-refractivity contribution in [3.63, 3.8) is 0 Å². The molecule has 0 heterocycles. The molecule has 0 aromatic rings. The van der Waals surface area contributed by atoms with Crippen LogP contribution in [0.15, 0.2) is 10.2 Å². The Morgan fingerprint density at radius 2 is 1.71 bits per heavy atom. The number of thioether (sulfide) groups is 1. The lowest BCUT2D eigenvalue weighted by Crippen LogP contribution is -2.13. The number of nitrogens with zero attached hydrogens (tertiary/aromatic N) is 1. The molecule has 0 amide bonds. The molecule has 6 nitrogen and oxygen atoms in total. The van der Waals surface area contributed by atoms with Crippen LogP contribution in [-0.4, -0.2) is 31.0 Å². The molecule has 0 rings (SSSR count). The van der Waals surface area contributed by atoms with Gasteiger partial charge in [0.25, 0.3) is 0 Å². The first-order chi connectivity index (χ1) is 9.71. The predicted octanol–water partition coefficient (Wildman–Crippen LogP) is 3.69. The standard InChI is InChI=1S/C13H22NO5PS/c1-7-17-12(15)11(8-14)13(21-6)20(16,18-9(2)3)19-10(4)5/h9-10H,7H2,1-6H3. The van der Waals surface area contributed by atoms with Crippen LogP contribution in [0.25, 0.3) is 0 Å². The van der Waals surface area contributed by atoms with Crippen LogP contribution in [0.1, 0.15) is 34.6 Å². The highest BCUT2D eigenvalue weighted by molar-refractivity contribution is 8.09. The molecule has 0 aromatic heterocycles. The first-order valence-electron chi connectivity index (χ1n) is 6.54. The van der Waals surface area contributed by atoms with Crippen LogP contribution in [-0.2, 0) is 23.1 Å². The van der Waals surface area contributed by atoms with Gasteiger partial charge in [0.2, 0.25) is 0 Å². The third-order valence-electron chi connectivity index (χ3n) is 1.95. The van der Waals surface area contributed by atoms with Crippen molar-refractivity contribution in [1.82, 2.24) is 0 Å². The van der Waals surface area contributed by atoms with Gasteiger partial charge in [0.05, 0.1) is 18.8 Å². The molecule has 0 aliphatic heterocycles. The van der Waals surface area contributed by atoms with E-state index in [4.69, 9.17) is 13.8 Å². The van der Waals surface area contributed by atoms with Gasteiger partial charge in [-0.1, -0.05) is 0 Å². The van der Waals surface area contributed by atoms with E-state index >= 15 is 0 Å². The Hall–Kier alpha value is -0.800. The second kappa shape index (κ2) is 9.26. The fraction of sp³-hybridized carbons (Fsp3) is 0.692. The first-order valence-corrected chi connectivity index (χ1v) is 9.31. The third kappa shape index (κ3) is 6.23. The molecule has 21 heavy (non-hydrogen) atoms. The monoisotopic (exact) mass is 335 g/mol. The minimum absolute atomic E-state index is 0.0224. The molecule has 0 aliphatic carbocycles. The predicted molar refractivity (Wildman–Crippen MR) is 82.8 cm³/mol. The van der Waals surface area contributed by atoms with E-state index in [0.29, 0.717) is 0 Å². The fourth-order valence-corrected chi connectivity index (χ4v) is 4.66. The van der Waals surface area contributed by atoms with Crippen molar-refractivity contribution in [3.05, 3.63) is 10.2 Å². The largest absolute Gasteiger partial charge is 0.462 e. The second-order valence-electron chi connectivity index (χ2n) is 4.52. The Balaban J connectivity index is 5.94. The van der Waals surface area contributed by atoms with Crippen LogP contribution in [0.2, 0.25) is 0 Å². The van der Waals surface area contributed by atoms with Crippen LogP contribution in [0.3, 0.4) is 0 Å². The van der Waals surface area contributed by atoms with Gasteiger partial charge in [0, 0.05) is 0 Å². The molecule has 0 N–H and O–H groups in total. The van der Waals surface area contributed by atoms with Gasteiger partial charge in [0.1, 0.15) is 10.7 Å². The molecule has 0 spiro atoms. The summed E-state index contributed by atoms with van der Waals surface area (Å²) in [7, 11) is -3.77. The number of hydrogen-bond acceptors (Lipinski definition) is 7. The molecule has 0 aromatic carbocycles. The van der Waals surface area contributed by atoms with Crippen molar-refractivity contribution in [3.8, 4) is 6.07 Å². The molecule has 0 aliphatic rings. The number of carbonyl (C=O) groups is 1. The Kier molecular flexibility index (Phi) is 8.91. The first kappa shape index (κ1) is 20.2. The van der Waals surface area contributed by atoms with Gasteiger partial charge in [-0.2, -0.15) is 5.26 Å². The van der Waals surface area contributed by atoms with E-state index in [-0.39, 0.29) is 29.0 Å². The van der Waals surface area contributed by atoms with E-state index in [0.717, 1.165) is 11.8 Å². The zero-order valence-electron chi connectivity index (χ0n) is 13.2. The molecule has 120 valence electrons. The zero-order chi connectivity index (χ0) is 16.6. The summed E-state index contributed by atoms with van der Waals surface area (Å²) in [5, 5.41) is 9.20. The summed E-state index contributed by atoms with van der Waals surface area (Å²) >= 11 is 0.991. The van der Waals surface area contributed by atoms with Crippen LogP contribution in [0.5, 0.6) is 0 Å². The Labute approximate surface area is 130 Å². The van der Waals surface area contributed by atoms with Gasteiger partial charge in [-0.15, -0.1) is 11.8 Å². The average Bonchev–Trinajstić information content (AvgIpc) is 2.33. The van der Waals surface area contributed by atoms with Crippen molar-refractivity contribution in [2.45, 2.75) is 46.8 Å². The minimum Gasteiger partial charge on any atom is -0.462 e. The van der Waals surface area contributed by atoms with Crippen molar-refractivity contribution in [2.24, 2.45) is 0 Å². The molecule has 8 heteroatoms. The molecule has 0 unspecified atom stereocenters. The lowest BCUT2D eigenvalue weighted by Gasteiger charge is -2.24. The Morgan fingerprint density at radius 1 is 1.24 bits per heavy atom. The normalized spacial score (nSPS) is 13.1. The fourth-order valence-electron chi connectivity index (χ4n) is 1.41. The number of esters is 1. The molecular weight excluding hydrogens is 313 g/mol. The maximum Gasteiger partial charge on any atom is 0.369 e. The highest BCUT2D eigenvalue weighted by atomic mass is 32.2. The molecular formula is C13H22NO5PS. The van der Waals surface area contributed by atoms with Crippen LogP contribution in [0, 0.1) is 11.3 Å². The highest BCUT2D eigenvalue weighted by Gasteiger charge is 2.37. The highest BCUT2D eigenvalue weighted by Crippen LogP contribution is 2.62. The van der Waals surface area contributed by atoms with Crippen molar-refractivity contribution >= 4 is 25.3 Å². The summed E-state index contributed by atoms with van der Waals surface area (Å²) in [6.45, 7) is 8.54. The van der Waals surface area contributed by atoms with Crippen molar-refractivity contribution in [1.29, 1.82) is 5.26 Å². The van der Waals surface area contributed by atoms with Crippen molar-refractivity contribution in [2.75, 3.05) is 12.9 Å². The third-order valence-corrected chi connectivity index (χ3v) is 5.88. The minimum atomic E-state index is -3.77. The number of nitriles is 1. The summed E-state index contributed by atoms with van der Waals surface area (Å²) in [4.78, 5) is 11.8. The van der Waals surface area contributed by atoms with Gasteiger partial charge >= 0.3 is 13.6 Å². The van der Waals surface area contributed by atoms with E-state index in [2.05, 4.69) is 0 Å². The number of hydrogen-bond donors (Lipinski definition) is 0. The van der Waals surface area contributed by atoms with Gasteiger partial charge in [0.15, 0.2) is 5.57 Å². The molecule has 0 bridgehead atoms. The van der Waals surface area contributed by atoms with E-state index < -0.39 is 13.6 Å². The van der Waals surface area contributed by atoms with E-state index in [1.807, 2.05) is 0 Å². The van der Waals surface area contributed by atoms with E-state index in [1.165, 1.54) is 0 Å². The zero-order valence-corrected chi connectivity index (χ0v) is 14.9. The summed E-state index contributed by atoms with van der Waals surface area (Å²) < 4.78 is 28.6.